The second kappa shape index (κ2) is 7.67. The summed E-state index contributed by atoms with van der Waals surface area (Å²) in [7, 11) is 0. The third-order valence-electron chi connectivity index (χ3n) is 5.77. The van der Waals surface area contributed by atoms with Crippen LogP contribution < -0.4 is 5.73 Å². The Morgan fingerprint density at radius 3 is 2.30 bits per heavy atom. The van der Waals surface area contributed by atoms with Crippen LogP contribution in [-0.4, -0.2) is 25.1 Å². The van der Waals surface area contributed by atoms with Gasteiger partial charge in [0.2, 0.25) is 5.95 Å². The van der Waals surface area contributed by atoms with Crippen LogP contribution in [0.4, 0.5) is 5.95 Å². The second-order valence-corrected chi connectivity index (χ2v) is 7.82. The number of hydrogen-bond acceptors (Lipinski definition) is 7. The number of benzene rings is 1. The molecule has 0 saturated heterocycles. The monoisotopic (exact) mass is 400 g/mol. The molecule has 3 aromatic heterocycles. The van der Waals surface area contributed by atoms with Gasteiger partial charge in [-0.3, -0.25) is 4.98 Å². The summed E-state index contributed by atoms with van der Waals surface area (Å²) >= 11 is 0. The summed E-state index contributed by atoms with van der Waals surface area (Å²) in [6, 6.07) is 12.1. The molecule has 4 rings (SSSR count). The molecule has 0 fully saturated rings. The van der Waals surface area contributed by atoms with Gasteiger partial charge in [0.05, 0.1) is 11.0 Å². The van der Waals surface area contributed by atoms with E-state index in [-0.39, 0.29) is 11.9 Å². The van der Waals surface area contributed by atoms with Gasteiger partial charge < -0.3 is 10.3 Å². The van der Waals surface area contributed by atoms with Gasteiger partial charge in [-0.1, -0.05) is 43.3 Å². The lowest BCUT2D eigenvalue weighted by Gasteiger charge is -2.31. The fourth-order valence-electron chi connectivity index (χ4n) is 3.47. The highest BCUT2D eigenvalue weighted by Crippen LogP contribution is 2.39. The van der Waals surface area contributed by atoms with Crippen LogP contribution in [0.25, 0.3) is 22.6 Å². The second-order valence-electron chi connectivity index (χ2n) is 7.82. The SMILES string of the molecule is Cc1ncccc1-c1nc(C(C)(c2ccc(-c3cnc(N)nc3)cc2)C(C)C)no1. The zero-order valence-corrected chi connectivity index (χ0v) is 17.5. The average molecular weight is 400 g/mol. The van der Waals surface area contributed by atoms with Crippen LogP contribution in [0, 0.1) is 12.8 Å². The normalized spacial score (nSPS) is 13.4. The fourth-order valence-corrected chi connectivity index (χ4v) is 3.47. The molecule has 152 valence electrons. The van der Waals surface area contributed by atoms with Crippen molar-refractivity contribution >= 4 is 5.95 Å². The zero-order valence-electron chi connectivity index (χ0n) is 17.5. The molecular weight excluding hydrogens is 376 g/mol. The van der Waals surface area contributed by atoms with Gasteiger partial charge in [-0.2, -0.15) is 4.98 Å². The van der Waals surface area contributed by atoms with E-state index >= 15 is 0 Å². The molecule has 0 radical (unpaired) electrons. The minimum absolute atomic E-state index is 0.239. The van der Waals surface area contributed by atoms with E-state index in [0.29, 0.717) is 11.7 Å². The Morgan fingerprint density at radius 2 is 1.67 bits per heavy atom. The van der Waals surface area contributed by atoms with Crippen LogP contribution in [0.3, 0.4) is 0 Å². The van der Waals surface area contributed by atoms with Crippen molar-refractivity contribution in [2.75, 3.05) is 5.73 Å². The summed E-state index contributed by atoms with van der Waals surface area (Å²) in [5.74, 6) is 1.64. The molecule has 7 heteroatoms. The number of nitrogens with two attached hydrogens (primary N) is 1. The molecule has 1 aromatic carbocycles. The Bertz CT molecular complexity index is 1150. The van der Waals surface area contributed by atoms with Gasteiger partial charge in [0, 0.05) is 29.8 Å². The highest BCUT2D eigenvalue weighted by molar-refractivity contribution is 5.63. The zero-order chi connectivity index (χ0) is 21.3. The Labute approximate surface area is 175 Å². The van der Waals surface area contributed by atoms with Gasteiger partial charge in [0.25, 0.3) is 5.89 Å². The summed E-state index contributed by atoms with van der Waals surface area (Å²) in [6.45, 7) is 8.39. The predicted molar refractivity (Wildman–Crippen MR) is 115 cm³/mol. The van der Waals surface area contributed by atoms with E-state index in [4.69, 9.17) is 15.2 Å². The summed E-state index contributed by atoms with van der Waals surface area (Å²) in [4.78, 5) is 17.2. The molecule has 0 saturated carbocycles. The third kappa shape index (κ3) is 3.43. The molecule has 0 spiro atoms. The lowest BCUT2D eigenvalue weighted by atomic mass is 9.72. The molecule has 0 aliphatic carbocycles. The third-order valence-corrected chi connectivity index (χ3v) is 5.77. The van der Waals surface area contributed by atoms with Gasteiger partial charge in [0.1, 0.15) is 0 Å². The molecule has 1 unspecified atom stereocenters. The van der Waals surface area contributed by atoms with E-state index in [1.54, 1.807) is 18.6 Å². The molecule has 4 aromatic rings. The molecule has 7 nitrogen and oxygen atoms in total. The van der Waals surface area contributed by atoms with Crippen LogP contribution in [0.5, 0.6) is 0 Å². The number of aryl methyl sites for hydroxylation is 1. The molecule has 1 atom stereocenters. The highest BCUT2D eigenvalue weighted by atomic mass is 16.5. The maximum atomic E-state index is 5.62. The maximum Gasteiger partial charge on any atom is 0.259 e. The fraction of sp³-hybridized carbons (Fsp3) is 0.261. The first-order chi connectivity index (χ1) is 14.4. The predicted octanol–water partition coefficient (Wildman–Crippen LogP) is 4.44. The Morgan fingerprint density at radius 1 is 0.967 bits per heavy atom. The number of aromatic nitrogens is 5. The van der Waals surface area contributed by atoms with Crippen LogP contribution in [0.2, 0.25) is 0 Å². The van der Waals surface area contributed by atoms with Crippen molar-refractivity contribution in [1.29, 1.82) is 0 Å². The van der Waals surface area contributed by atoms with E-state index in [9.17, 15) is 0 Å². The van der Waals surface area contributed by atoms with E-state index in [1.807, 2.05) is 19.1 Å². The van der Waals surface area contributed by atoms with Crippen molar-refractivity contribution in [2.24, 2.45) is 5.92 Å². The van der Waals surface area contributed by atoms with E-state index in [2.05, 4.69) is 65.1 Å². The number of anilines is 1. The van der Waals surface area contributed by atoms with Gasteiger partial charge in [0.15, 0.2) is 5.82 Å². The molecule has 3 heterocycles. The lowest BCUT2D eigenvalue weighted by Crippen LogP contribution is -2.31. The maximum absolute atomic E-state index is 5.62. The van der Waals surface area contributed by atoms with Crippen LogP contribution >= 0.6 is 0 Å². The van der Waals surface area contributed by atoms with Crippen molar-refractivity contribution in [2.45, 2.75) is 33.1 Å². The molecule has 0 aliphatic rings. The number of nitrogen functional groups attached to an aromatic ring is 1. The number of pyridine rings is 1. The van der Waals surface area contributed by atoms with E-state index < -0.39 is 5.41 Å². The Hall–Kier alpha value is -3.61. The van der Waals surface area contributed by atoms with Crippen molar-refractivity contribution in [1.82, 2.24) is 25.1 Å². The smallest absolute Gasteiger partial charge is 0.259 e. The first kappa shape index (κ1) is 19.7. The number of nitrogens with zero attached hydrogens (tertiary/aromatic N) is 5. The first-order valence-corrected chi connectivity index (χ1v) is 9.84. The Balaban J connectivity index is 1.71. The molecule has 0 aliphatic heterocycles. The summed E-state index contributed by atoms with van der Waals surface area (Å²) in [6.07, 6.45) is 5.20. The highest BCUT2D eigenvalue weighted by Gasteiger charge is 2.37. The lowest BCUT2D eigenvalue weighted by molar-refractivity contribution is 0.350. The minimum atomic E-state index is -0.423. The molecule has 2 N–H and O–H groups in total. The summed E-state index contributed by atoms with van der Waals surface area (Å²) in [5.41, 5.74) is 9.90. The van der Waals surface area contributed by atoms with Gasteiger partial charge in [-0.15, -0.1) is 0 Å². The Kier molecular flexibility index (Phi) is 5.03. The molecule has 0 bridgehead atoms. The minimum Gasteiger partial charge on any atom is -0.368 e. The topological polar surface area (TPSA) is 104 Å². The number of hydrogen-bond donors (Lipinski definition) is 1. The first-order valence-electron chi connectivity index (χ1n) is 9.84. The van der Waals surface area contributed by atoms with E-state index in [1.165, 1.54) is 0 Å². The van der Waals surface area contributed by atoms with Crippen molar-refractivity contribution in [3.63, 3.8) is 0 Å². The van der Waals surface area contributed by atoms with Gasteiger partial charge in [-0.05, 0) is 43.0 Å². The molecule has 0 amide bonds. The van der Waals surface area contributed by atoms with Crippen molar-refractivity contribution in [3.8, 4) is 22.6 Å². The van der Waals surface area contributed by atoms with Gasteiger partial charge >= 0.3 is 0 Å². The average Bonchev–Trinajstić information content (AvgIpc) is 3.24. The van der Waals surface area contributed by atoms with Crippen molar-refractivity contribution < 1.29 is 4.52 Å². The van der Waals surface area contributed by atoms with Crippen LogP contribution in [0.1, 0.15) is 37.9 Å². The van der Waals surface area contributed by atoms with Crippen molar-refractivity contribution in [3.05, 3.63) is 72.1 Å². The molecule has 30 heavy (non-hydrogen) atoms. The largest absolute Gasteiger partial charge is 0.368 e. The molecular formula is C23H24N6O. The quantitative estimate of drug-likeness (QED) is 0.528. The van der Waals surface area contributed by atoms with Crippen LogP contribution in [-0.2, 0) is 5.41 Å². The standard InChI is InChI=1S/C23H24N6O/c1-14(2)23(4,21-28-20(30-29-21)19-6-5-11-25-15(19)3)18-9-7-16(8-10-18)17-12-26-22(24)27-13-17/h5-14H,1-4H3,(H2,24,26,27). The van der Waals surface area contributed by atoms with Crippen LogP contribution in [0.15, 0.2) is 59.5 Å². The summed E-state index contributed by atoms with van der Waals surface area (Å²) < 4.78 is 5.62. The van der Waals surface area contributed by atoms with E-state index in [0.717, 1.165) is 27.9 Å². The van der Waals surface area contributed by atoms with Gasteiger partial charge in [-0.25, -0.2) is 9.97 Å². The summed E-state index contributed by atoms with van der Waals surface area (Å²) in [5, 5.41) is 4.35. The number of rotatable bonds is 5.